The molecule has 5 nitrogen and oxygen atoms in total. The van der Waals surface area contributed by atoms with Gasteiger partial charge in [-0.2, -0.15) is 0 Å². The van der Waals surface area contributed by atoms with Crippen molar-refractivity contribution in [2.24, 2.45) is 0 Å². The Morgan fingerprint density at radius 1 is 0.973 bits per heavy atom. The minimum absolute atomic E-state index is 0.0756. The van der Waals surface area contributed by atoms with Crippen LogP contribution in [-0.4, -0.2) is 35.9 Å². The van der Waals surface area contributed by atoms with Gasteiger partial charge >= 0.3 is 0 Å². The van der Waals surface area contributed by atoms with Gasteiger partial charge in [0.2, 0.25) is 5.91 Å². The maximum Gasteiger partial charge on any atom is 0.261 e. The molecule has 0 unspecified atom stereocenters. The van der Waals surface area contributed by atoms with Crippen LogP contribution in [0.25, 0.3) is 0 Å². The Balaban J connectivity index is 1.95. The Morgan fingerprint density at radius 3 is 2.35 bits per heavy atom. The molecule has 0 saturated carbocycles. The van der Waals surface area contributed by atoms with Crippen molar-refractivity contribution in [2.75, 3.05) is 13.2 Å². The number of nitrogens with one attached hydrogen (secondary N) is 1. The fourth-order valence-corrected chi connectivity index (χ4v) is 4.52. The van der Waals surface area contributed by atoms with Crippen LogP contribution < -0.4 is 10.1 Å². The third-order valence-corrected chi connectivity index (χ3v) is 6.89. The molecular weight excluding hydrogens is 507 g/mol. The van der Waals surface area contributed by atoms with Gasteiger partial charge in [-0.15, -0.1) is 0 Å². The molecule has 3 aromatic carbocycles. The molecule has 196 valence electrons. The number of ether oxygens (including phenoxy) is 1. The molecule has 0 aliphatic rings. The van der Waals surface area contributed by atoms with Gasteiger partial charge in [-0.05, 0) is 55.2 Å². The largest absolute Gasteiger partial charge is 0.483 e. The van der Waals surface area contributed by atoms with Crippen LogP contribution in [0.4, 0.5) is 0 Å². The first-order chi connectivity index (χ1) is 17.8. The van der Waals surface area contributed by atoms with Crippen molar-refractivity contribution in [1.82, 2.24) is 10.2 Å². The van der Waals surface area contributed by atoms with Gasteiger partial charge in [0.05, 0.1) is 0 Å². The quantitative estimate of drug-likeness (QED) is 0.265. The molecule has 0 aromatic heterocycles. The van der Waals surface area contributed by atoms with E-state index in [2.05, 4.69) is 12.2 Å². The topological polar surface area (TPSA) is 58.6 Å². The lowest BCUT2D eigenvalue weighted by atomic mass is 10.0. The molecule has 0 fully saturated rings. The number of hydrogen-bond acceptors (Lipinski definition) is 3. The van der Waals surface area contributed by atoms with E-state index in [0.29, 0.717) is 34.3 Å². The first-order valence-corrected chi connectivity index (χ1v) is 13.3. The summed E-state index contributed by atoms with van der Waals surface area (Å²) in [7, 11) is 0. The summed E-state index contributed by atoms with van der Waals surface area (Å²) in [5, 5.41) is 3.88. The summed E-state index contributed by atoms with van der Waals surface area (Å²) in [6.07, 6.45) is 2.14. The lowest BCUT2D eigenvalue weighted by Crippen LogP contribution is -2.52. The average molecular weight is 542 g/mol. The molecule has 0 spiro atoms. The summed E-state index contributed by atoms with van der Waals surface area (Å²) in [6.45, 7) is 6.35. The summed E-state index contributed by atoms with van der Waals surface area (Å²) >= 11 is 13.0. The monoisotopic (exact) mass is 540 g/mol. The second-order valence-corrected chi connectivity index (χ2v) is 9.94. The molecule has 0 aliphatic carbocycles. The molecule has 1 atom stereocenters. The highest BCUT2D eigenvalue weighted by molar-refractivity contribution is 6.36. The highest BCUT2D eigenvalue weighted by Gasteiger charge is 2.31. The fraction of sp³-hybridized carbons (Fsp3) is 0.333. The first kappa shape index (κ1) is 28.5. The van der Waals surface area contributed by atoms with Crippen molar-refractivity contribution in [1.29, 1.82) is 0 Å². The van der Waals surface area contributed by atoms with Crippen LogP contribution in [0.5, 0.6) is 5.75 Å². The molecule has 0 saturated heterocycles. The zero-order valence-electron chi connectivity index (χ0n) is 21.6. The van der Waals surface area contributed by atoms with Crippen LogP contribution in [0.2, 0.25) is 10.0 Å². The molecule has 0 radical (unpaired) electrons. The van der Waals surface area contributed by atoms with E-state index in [-0.39, 0.29) is 25.0 Å². The molecule has 3 rings (SSSR count). The van der Waals surface area contributed by atoms with Crippen LogP contribution in [0.1, 0.15) is 42.0 Å². The predicted octanol–water partition coefficient (Wildman–Crippen LogP) is 6.55. The van der Waals surface area contributed by atoms with Crippen LogP contribution in [-0.2, 0) is 22.6 Å². The molecule has 37 heavy (non-hydrogen) atoms. The summed E-state index contributed by atoms with van der Waals surface area (Å²) in [5.74, 6) is 0.0834. The van der Waals surface area contributed by atoms with Crippen LogP contribution in [0.15, 0.2) is 66.7 Å². The molecule has 3 aromatic rings. The number of rotatable bonds is 12. The SMILES string of the molecule is CCCCNC(=O)[C@@H](Cc1ccccc1)N(Cc1c(Cl)cccc1Cl)C(=O)COc1cc(C)ccc1C. The van der Waals surface area contributed by atoms with Crippen molar-refractivity contribution >= 4 is 35.0 Å². The Labute approximate surface area is 229 Å². The fourth-order valence-electron chi connectivity index (χ4n) is 4.00. The first-order valence-electron chi connectivity index (χ1n) is 12.5. The van der Waals surface area contributed by atoms with E-state index in [1.165, 1.54) is 4.90 Å². The van der Waals surface area contributed by atoms with Gasteiger partial charge in [0.25, 0.3) is 5.91 Å². The smallest absolute Gasteiger partial charge is 0.261 e. The second kappa shape index (κ2) is 14.1. The summed E-state index contributed by atoms with van der Waals surface area (Å²) in [4.78, 5) is 28.8. The number of nitrogens with zero attached hydrogens (tertiary/aromatic N) is 1. The van der Waals surface area contributed by atoms with Gasteiger partial charge in [-0.1, -0.05) is 85.1 Å². The van der Waals surface area contributed by atoms with E-state index in [9.17, 15) is 9.59 Å². The highest BCUT2D eigenvalue weighted by atomic mass is 35.5. The molecule has 0 aliphatic heterocycles. The molecule has 0 heterocycles. The number of benzene rings is 3. The van der Waals surface area contributed by atoms with Crippen molar-refractivity contribution in [3.8, 4) is 5.75 Å². The van der Waals surface area contributed by atoms with Gasteiger partial charge in [-0.3, -0.25) is 9.59 Å². The standard InChI is InChI=1S/C30H34Cl2N2O3/c1-4-5-16-33-30(36)27(18-23-10-7-6-8-11-23)34(19-24-25(31)12-9-13-26(24)32)29(35)20-37-28-17-21(2)14-15-22(28)3/h6-15,17,27H,4-5,16,18-20H2,1-3H3,(H,33,36)/t27-/m1/s1. The van der Waals surface area contributed by atoms with Crippen molar-refractivity contribution in [2.45, 2.75) is 52.6 Å². The molecule has 1 N–H and O–H groups in total. The molecule has 2 amide bonds. The van der Waals surface area contributed by atoms with E-state index in [1.807, 2.05) is 62.4 Å². The third kappa shape index (κ3) is 8.24. The summed E-state index contributed by atoms with van der Waals surface area (Å²) in [6, 6.07) is 19.9. The molecular formula is C30H34Cl2N2O3. The Kier molecular flexibility index (Phi) is 10.8. The lowest BCUT2D eigenvalue weighted by molar-refractivity contribution is -0.142. The van der Waals surface area contributed by atoms with E-state index in [1.54, 1.807) is 18.2 Å². The van der Waals surface area contributed by atoms with Gasteiger partial charge in [0.1, 0.15) is 11.8 Å². The Morgan fingerprint density at radius 2 is 1.68 bits per heavy atom. The molecule has 0 bridgehead atoms. The number of unbranched alkanes of at least 4 members (excludes halogenated alkanes) is 1. The van der Waals surface area contributed by atoms with Gasteiger partial charge in [0, 0.05) is 35.1 Å². The zero-order valence-corrected chi connectivity index (χ0v) is 23.1. The maximum absolute atomic E-state index is 13.7. The number of hydrogen-bond donors (Lipinski definition) is 1. The highest BCUT2D eigenvalue weighted by Crippen LogP contribution is 2.27. The maximum atomic E-state index is 13.7. The Hall–Kier alpha value is -3.02. The number of amides is 2. The number of aryl methyl sites for hydroxylation is 2. The predicted molar refractivity (Wildman–Crippen MR) is 150 cm³/mol. The van der Waals surface area contributed by atoms with Crippen LogP contribution in [0, 0.1) is 13.8 Å². The van der Waals surface area contributed by atoms with E-state index < -0.39 is 6.04 Å². The van der Waals surface area contributed by atoms with E-state index in [4.69, 9.17) is 27.9 Å². The lowest BCUT2D eigenvalue weighted by Gasteiger charge is -2.32. The third-order valence-electron chi connectivity index (χ3n) is 6.19. The summed E-state index contributed by atoms with van der Waals surface area (Å²) in [5.41, 5.74) is 3.49. The number of carbonyl (C=O) groups is 2. The van der Waals surface area contributed by atoms with Gasteiger partial charge in [0.15, 0.2) is 6.61 Å². The Bertz CT molecular complexity index is 1180. The van der Waals surface area contributed by atoms with Crippen LogP contribution >= 0.6 is 23.2 Å². The number of carbonyl (C=O) groups excluding carboxylic acids is 2. The normalized spacial score (nSPS) is 11.6. The number of halogens is 2. The summed E-state index contributed by atoms with van der Waals surface area (Å²) < 4.78 is 5.95. The average Bonchev–Trinajstić information content (AvgIpc) is 2.88. The van der Waals surface area contributed by atoms with E-state index in [0.717, 1.165) is 29.5 Å². The van der Waals surface area contributed by atoms with Crippen molar-refractivity contribution < 1.29 is 14.3 Å². The van der Waals surface area contributed by atoms with Crippen molar-refractivity contribution in [3.05, 3.63) is 99.0 Å². The van der Waals surface area contributed by atoms with E-state index >= 15 is 0 Å². The minimum atomic E-state index is -0.777. The minimum Gasteiger partial charge on any atom is -0.483 e. The molecule has 7 heteroatoms. The van der Waals surface area contributed by atoms with Gasteiger partial charge in [-0.25, -0.2) is 0 Å². The second-order valence-electron chi connectivity index (χ2n) is 9.13. The van der Waals surface area contributed by atoms with Crippen molar-refractivity contribution in [3.63, 3.8) is 0 Å². The zero-order chi connectivity index (χ0) is 26.8. The van der Waals surface area contributed by atoms with Crippen LogP contribution in [0.3, 0.4) is 0 Å². The van der Waals surface area contributed by atoms with Gasteiger partial charge < -0.3 is 15.0 Å².